The van der Waals surface area contributed by atoms with E-state index < -0.39 is 0 Å². The highest BCUT2D eigenvalue weighted by atomic mass is 16.1. The van der Waals surface area contributed by atoms with E-state index in [0.717, 1.165) is 38.4 Å². The zero-order chi connectivity index (χ0) is 10.5. The SMILES string of the molecule is O=C(NCCCNC1CC1)C1CCCC1. The van der Waals surface area contributed by atoms with Gasteiger partial charge in [0.05, 0.1) is 0 Å². The summed E-state index contributed by atoms with van der Waals surface area (Å²) in [7, 11) is 0. The van der Waals surface area contributed by atoms with Crippen LogP contribution >= 0.6 is 0 Å². The molecule has 1 amide bonds. The molecule has 0 bridgehead atoms. The summed E-state index contributed by atoms with van der Waals surface area (Å²) in [5.41, 5.74) is 0. The molecule has 2 fully saturated rings. The summed E-state index contributed by atoms with van der Waals surface area (Å²) < 4.78 is 0. The fourth-order valence-corrected chi connectivity index (χ4v) is 2.23. The lowest BCUT2D eigenvalue weighted by Gasteiger charge is -2.10. The van der Waals surface area contributed by atoms with Crippen molar-refractivity contribution in [2.75, 3.05) is 13.1 Å². The molecule has 0 aromatic rings. The minimum Gasteiger partial charge on any atom is -0.356 e. The molecule has 0 aliphatic heterocycles. The molecule has 3 heteroatoms. The highest BCUT2D eigenvalue weighted by Crippen LogP contribution is 2.24. The fourth-order valence-electron chi connectivity index (χ4n) is 2.23. The van der Waals surface area contributed by atoms with Gasteiger partial charge in [0.1, 0.15) is 0 Å². The first-order valence-corrected chi connectivity index (χ1v) is 6.37. The van der Waals surface area contributed by atoms with Gasteiger partial charge in [0, 0.05) is 18.5 Å². The van der Waals surface area contributed by atoms with Gasteiger partial charge < -0.3 is 10.6 Å². The van der Waals surface area contributed by atoms with Gasteiger partial charge >= 0.3 is 0 Å². The third-order valence-electron chi connectivity index (χ3n) is 3.39. The summed E-state index contributed by atoms with van der Waals surface area (Å²) in [5, 5.41) is 6.49. The summed E-state index contributed by atoms with van der Waals surface area (Å²) in [5.74, 6) is 0.611. The normalized spacial score (nSPS) is 21.9. The van der Waals surface area contributed by atoms with Crippen molar-refractivity contribution < 1.29 is 4.79 Å². The molecule has 0 aromatic heterocycles. The summed E-state index contributed by atoms with van der Waals surface area (Å²) in [6.45, 7) is 1.89. The van der Waals surface area contributed by atoms with Gasteiger partial charge in [0.2, 0.25) is 5.91 Å². The van der Waals surface area contributed by atoms with E-state index in [1.54, 1.807) is 0 Å². The van der Waals surface area contributed by atoms with Gasteiger partial charge in [-0.3, -0.25) is 4.79 Å². The number of rotatable bonds is 6. The number of hydrogen-bond donors (Lipinski definition) is 2. The minimum atomic E-state index is 0.291. The van der Waals surface area contributed by atoms with Crippen molar-refractivity contribution in [1.29, 1.82) is 0 Å². The molecule has 2 aliphatic rings. The monoisotopic (exact) mass is 210 g/mol. The van der Waals surface area contributed by atoms with E-state index in [-0.39, 0.29) is 0 Å². The second-order valence-corrected chi connectivity index (χ2v) is 4.85. The van der Waals surface area contributed by atoms with Crippen LogP contribution in [0.4, 0.5) is 0 Å². The lowest BCUT2D eigenvalue weighted by atomic mass is 10.1. The first-order valence-electron chi connectivity index (χ1n) is 6.37. The topological polar surface area (TPSA) is 41.1 Å². The van der Waals surface area contributed by atoms with Crippen molar-refractivity contribution in [1.82, 2.24) is 10.6 Å². The molecular formula is C12H22N2O. The van der Waals surface area contributed by atoms with Crippen molar-refractivity contribution in [3.63, 3.8) is 0 Å². The first-order chi connectivity index (χ1) is 7.36. The number of nitrogens with one attached hydrogen (secondary N) is 2. The van der Waals surface area contributed by atoms with E-state index in [4.69, 9.17) is 0 Å². The maximum Gasteiger partial charge on any atom is 0.223 e. The number of amides is 1. The van der Waals surface area contributed by atoms with Crippen LogP contribution in [0.5, 0.6) is 0 Å². The van der Waals surface area contributed by atoms with Gasteiger partial charge in [-0.2, -0.15) is 0 Å². The second-order valence-electron chi connectivity index (χ2n) is 4.85. The average molecular weight is 210 g/mol. The Balaban J connectivity index is 1.46. The van der Waals surface area contributed by atoms with Crippen LogP contribution in [0.15, 0.2) is 0 Å². The first kappa shape index (κ1) is 10.9. The van der Waals surface area contributed by atoms with Crippen LogP contribution in [0, 0.1) is 5.92 Å². The van der Waals surface area contributed by atoms with E-state index in [9.17, 15) is 4.79 Å². The third kappa shape index (κ3) is 3.82. The Bertz CT molecular complexity index is 208. The van der Waals surface area contributed by atoms with Crippen LogP contribution in [-0.4, -0.2) is 25.0 Å². The zero-order valence-electron chi connectivity index (χ0n) is 9.43. The molecule has 2 saturated carbocycles. The quantitative estimate of drug-likeness (QED) is 0.651. The van der Waals surface area contributed by atoms with Crippen LogP contribution in [0.3, 0.4) is 0 Å². The molecule has 0 unspecified atom stereocenters. The highest BCUT2D eigenvalue weighted by Gasteiger charge is 2.22. The molecule has 2 rings (SSSR count). The van der Waals surface area contributed by atoms with E-state index in [0.29, 0.717) is 11.8 Å². The molecule has 3 nitrogen and oxygen atoms in total. The Hall–Kier alpha value is -0.570. The van der Waals surface area contributed by atoms with Gasteiger partial charge in [-0.25, -0.2) is 0 Å². The largest absolute Gasteiger partial charge is 0.356 e. The van der Waals surface area contributed by atoms with Crippen LogP contribution in [-0.2, 0) is 4.79 Å². The molecule has 0 atom stereocenters. The lowest BCUT2D eigenvalue weighted by molar-refractivity contribution is -0.124. The van der Waals surface area contributed by atoms with Gasteiger partial charge in [0.25, 0.3) is 0 Å². The Labute approximate surface area is 92.0 Å². The van der Waals surface area contributed by atoms with E-state index in [2.05, 4.69) is 10.6 Å². The van der Waals surface area contributed by atoms with E-state index in [1.807, 2.05) is 0 Å². The average Bonchev–Trinajstić information content (AvgIpc) is 2.90. The van der Waals surface area contributed by atoms with Crippen molar-refractivity contribution in [2.45, 2.75) is 51.0 Å². The maximum atomic E-state index is 11.6. The summed E-state index contributed by atoms with van der Waals surface area (Å²) in [4.78, 5) is 11.6. The van der Waals surface area contributed by atoms with Crippen molar-refractivity contribution >= 4 is 5.91 Å². The number of hydrogen-bond acceptors (Lipinski definition) is 2. The predicted molar refractivity (Wildman–Crippen MR) is 60.6 cm³/mol. The Kier molecular flexibility index (Phi) is 4.01. The molecule has 15 heavy (non-hydrogen) atoms. The summed E-state index contributed by atoms with van der Waals surface area (Å²) in [6, 6.07) is 0.788. The minimum absolute atomic E-state index is 0.291. The molecular weight excluding hydrogens is 188 g/mol. The van der Waals surface area contributed by atoms with Crippen molar-refractivity contribution in [3.05, 3.63) is 0 Å². The Morgan fingerprint density at radius 2 is 1.80 bits per heavy atom. The lowest BCUT2D eigenvalue weighted by Crippen LogP contribution is -2.31. The molecule has 0 heterocycles. The molecule has 0 spiro atoms. The van der Waals surface area contributed by atoms with Crippen LogP contribution in [0.25, 0.3) is 0 Å². The van der Waals surface area contributed by atoms with Crippen LogP contribution in [0.1, 0.15) is 44.9 Å². The summed E-state index contributed by atoms with van der Waals surface area (Å²) >= 11 is 0. The smallest absolute Gasteiger partial charge is 0.223 e. The maximum absolute atomic E-state index is 11.6. The zero-order valence-corrected chi connectivity index (χ0v) is 9.43. The molecule has 2 N–H and O–H groups in total. The number of carbonyl (C=O) groups is 1. The standard InChI is InChI=1S/C12H22N2O/c15-12(10-4-1-2-5-10)14-9-3-8-13-11-6-7-11/h10-11,13H,1-9H2,(H,14,15). The van der Waals surface area contributed by atoms with E-state index >= 15 is 0 Å². The Morgan fingerprint density at radius 3 is 2.47 bits per heavy atom. The summed E-state index contributed by atoms with van der Waals surface area (Å²) in [6.07, 6.45) is 8.43. The second kappa shape index (κ2) is 5.50. The van der Waals surface area contributed by atoms with Gasteiger partial charge in [0.15, 0.2) is 0 Å². The van der Waals surface area contributed by atoms with Crippen molar-refractivity contribution in [2.24, 2.45) is 5.92 Å². The highest BCUT2D eigenvalue weighted by molar-refractivity contribution is 5.78. The predicted octanol–water partition coefficient (Wildman–Crippen LogP) is 1.43. The van der Waals surface area contributed by atoms with Crippen LogP contribution < -0.4 is 10.6 Å². The van der Waals surface area contributed by atoms with Gasteiger partial charge in [-0.1, -0.05) is 12.8 Å². The van der Waals surface area contributed by atoms with Gasteiger partial charge in [-0.15, -0.1) is 0 Å². The van der Waals surface area contributed by atoms with Gasteiger partial charge in [-0.05, 0) is 38.6 Å². The Morgan fingerprint density at radius 1 is 1.07 bits per heavy atom. The fraction of sp³-hybridized carbons (Fsp3) is 0.917. The van der Waals surface area contributed by atoms with E-state index in [1.165, 1.54) is 25.7 Å². The van der Waals surface area contributed by atoms with Crippen LogP contribution in [0.2, 0.25) is 0 Å². The van der Waals surface area contributed by atoms with Crippen molar-refractivity contribution in [3.8, 4) is 0 Å². The molecule has 86 valence electrons. The molecule has 0 saturated heterocycles. The molecule has 2 aliphatic carbocycles. The number of carbonyl (C=O) groups excluding carboxylic acids is 1. The third-order valence-corrected chi connectivity index (χ3v) is 3.39. The molecule has 0 radical (unpaired) electrons. The molecule has 0 aromatic carbocycles.